The number of aliphatic hydroxyl groups is 1. The van der Waals surface area contributed by atoms with Crippen molar-refractivity contribution in [3.8, 4) is 0 Å². The molecule has 1 N–H and O–H groups in total. The van der Waals surface area contributed by atoms with E-state index in [0.717, 1.165) is 31.0 Å². The number of halogens is 2. The maximum absolute atomic E-state index is 13.4. The number of hydrogen-bond acceptors (Lipinski definition) is 3. The number of nitrogens with zero attached hydrogens (tertiary/aromatic N) is 1. The molecule has 0 saturated heterocycles. The summed E-state index contributed by atoms with van der Waals surface area (Å²) in [4.78, 5) is 13.7. The molecule has 1 saturated carbocycles. The predicted molar refractivity (Wildman–Crippen MR) is 62.4 cm³/mol. The summed E-state index contributed by atoms with van der Waals surface area (Å²) in [5.41, 5.74) is -0.224. The fourth-order valence-electron chi connectivity index (χ4n) is 1.94. The van der Waals surface area contributed by atoms with Gasteiger partial charge in [-0.25, -0.2) is 8.78 Å². The number of Topliss-reactive ketones (excluding diaryl/α,β-unsaturated/α-hetero) is 1. The van der Waals surface area contributed by atoms with E-state index in [4.69, 9.17) is 5.11 Å². The monoisotopic (exact) mass is 255 g/mol. The molecule has 1 fully saturated rings. The van der Waals surface area contributed by atoms with E-state index in [1.54, 1.807) is 0 Å². The summed E-state index contributed by atoms with van der Waals surface area (Å²) < 4.78 is 26.4. The Morgan fingerprint density at radius 1 is 1.39 bits per heavy atom. The fraction of sp³-hybridized carbons (Fsp3) is 0.462. The van der Waals surface area contributed by atoms with Crippen LogP contribution in [0.25, 0.3) is 0 Å². The first-order chi connectivity index (χ1) is 8.61. The second-order valence-corrected chi connectivity index (χ2v) is 4.47. The summed E-state index contributed by atoms with van der Waals surface area (Å²) in [5.74, 6) is -1.78. The molecule has 5 heteroatoms. The standard InChI is InChI=1S/C13H15F2NO2/c14-9-1-4-12(15)11(7-9)13(18)8-16(5-6-17)10-2-3-10/h1,4,7,10,17H,2-3,5-6,8H2. The van der Waals surface area contributed by atoms with Crippen molar-refractivity contribution in [2.45, 2.75) is 18.9 Å². The van der Waals surface area contributed by atoms with Crippen LogP contribution in [-0.2, 0) is 0 Å². The second-order valence-electron chi connectivity index (χ2n) is 4.47. The lowest BCUT2D eigenvalue weighted by Crippen LogP contribution is -2.34. The highest BCUT2D eigenvalue weighted by molar-refractivity contribution is 5.97. The topological polar surface area (TPSA) is 40.5 Å². The van der Waals surface area contributed by atoms with Crippen molar-refractivity contribution >= 4 is 5.78 Å². The van der Waals surface area contributed by atoms with Crippen LogP contribution in [0.1, 0.15) is 23.2 Å². The highest BCUT2D eigenvalue weighted by Gasteiger charge is 2.30. The molecule has 98 valence electrons. The van der Waals surface area contributed by atoms with E-state index in [9.17, 15) is 13.6 Å². The van der Waals surface area contributed by atoms with Gasteiger partial charge in [-0.05, 0) is 31.0 Å². The first-order valence-corrected chi connectivity index (χ1v) is 5.95. The number of benzene rings is 1. The predicted octanol–water partition coefficient (Wildman–Crippen LogP) is 1.60. The Balaban J connectivity index is 2.07. The minimum atomic E-state index is -0.707. The van der Waals surface area contributed by atoms with E-state index in [1.807, 2.05) is 4.90 Å². The highest BCUT2D eigenvalue weighted by Crippen LogP contribution is 2.26. The molecule has 0 radical (unpaired) electrons. The molecule has 1 aliphatic rings. The zero-order valence-electron chi connectivity index (χ0n) is 9.90. The second kappa shape index (κ2) is 5.54. The van der Waals surface area contributed by atoms with Crippen LogP contribution in [0.15, 0.2) is 18.2 Å². The van der Waals surface area contributed by atoms with Crippen molar-refractivity contribution in [2.24, 2.45) is 0 Å². The van der Waals surface area contributed by atoms with Crippen molar-refractivity contribution in [3.63, 3.8) is 0 Å². The number of carbonyl (C=O) groups excluding carboxylic acids is 1. The third kappa shape index (κ3) is 3.11. The van der Waals surface area contributed by atoms with Crippen LogP contribution in [0.5, 0.6) is 0 Å². The summed E-state index contributed by atoms with van der Waals surface area (Å²) in [6.07, 6.45) is 1.97. The maximum atomic E-state index is 13.4. The van der Waals surface area contributed by atoms with Crippen LogP contribution in [0.2, 0.25) is 0 Å². The quantitative estimate of drug-likeness (QED) is 0.785. The van der Waals surface area contributed by atoms with Gasteiger partial charge in [0.15, 0.2) is 5.78 Å². The molecule has 0 aliphatic heterocycles. The van der Waals surface area contributed by atoms with E-state index >= 15 is 0 Å². The Morgan fingerprint density at radius 3 is 2.72 bits per heavy atom. The van der Waals surface area contributed by atoms with Gasteiger partial charge < -0.3 is 5.11 Å². The largest absolute Gasteiger partial charge is 0.395 e. The molecule has 0 aromatic heterocycles. The molecule has 0 amide bonds. The molecule has 1 aromatic carbocycles. The molecule has 0 spiro atoms. The van der Waals surface area contributed by atoms with E-state index in [-0.39, 0.29) is 24.8 Å². The average molecular weight is 255 g/mol. The SMILES string of the molecule is O=C(CN(CCO)C1CC1)c1cc(F)ccc1F. The third-order valence-corrected chi connectivity index (χ3v) is 3.03. The number of carbonyl (C=O) groups is 1. The van der Waals surface area contributed by atoms with Crippen molar-refractivity contribution in [1.82, 2.24) is 4.90 Å². The van der Waals surface area contributed by atoms with Crippen molar-refractivity contribution in [1.29, 1.82) is 0 Å². The van der Waals surface area contributed by atoms with Gasteiger partial charge in [0.1, 0.15) is 11.6 Å². The third-order valence-electron chi connectivity index (χ3n) is 3.03. The number of ketones is 1. The zero-order chi connectivity index (χ0) is 13.1. The smallest absolute Gasteiger partial charge is 0.179 e. The minimum absolute atomic E-state index is 0.0194. The molecule has 1 aromatic rings. The van der Waals surface area contributed by atoms with Crippen LogP contribution in [0, 0.1) is 11.6 Å². The Labute approximate surface area is 104 Å². The molecule has 0 bridgehead atoms. The Hall–Kier alpha value is -1.33. The summed E-state index contributed by atoms with van der Waals surface area (Å²) in [5, 5.41) is 8.91. The molecule has 0 heterocycles. The van der Waals surface area contributed by atoms with E-state index < -0.39 is 17.4 Å². The van der Waals surface area contributed by atoms with E-state index in [1.165, 1.54) is 0 Å². The molecule has 18 heavy (non-hydrogen) atoms. The average Bonchev–Trinajstić information content (AvgIpc) is 3.15. The van der Waals surface area contributed by atoms with Gasteiger partial charge >= 0.3 is 0 Å². The van der Waals surface area contributed by atoms with Crippen molar-refractivity contribution in [2.75, 3.05) is 19.7 Å². The van der Waals surface area contributed by atoms with Gasteiger partial charge in [-0.15, -0.1) is 0 Å². The molecule has 0 atom stereocenters. The van der Waals surface area contributed by atoms with E-state index in [0.29, 0.717) is 6.54 Å². The van der Waals surface area contributed by atoms with Crippen LogP contribution in [0.3, 0.4) is 0 Å². The minimum Gasteiger partial charge on any atom is -0.395 e. The van der Waals surface area contributed by atoms with Gasteiger partial charge in [-0.2, -0.15) is 0 Å². The highest BCUT2D eigenvalue weighted by atomic mass is 19.1. The van der Waals surface area contributed by atoms with Gasteiger partial charge in [-0.3, -0.25) is 9.69 Å². The van der Waals surface area contributed by atoms with Gasteiger partial charge in [-0.1, -0.05) is 0 Å². The van der Waals surface area contributed by atoms with Crippen LogP contribution >= 0.6 is 0 Å². The number of rotatable bonds is 6. The first kappa shape index (κ1) is 13.1. The Bertz CT molecular complexity index is 447. The van der Waals surface area contributed by atoms with Gasteiger partial charge in [0.05, 0.1) is 18.7 Å². The normalized spacial score (nSPS) is 15.1. The zero-order valence-corrected chi connectivity index (χ0v) is 9.90. The maximum Gasteiger partial charge on any atom is 0.179 e. The lowest BCUT2D eigenvalue weighted by molar-refractivity contribution is 0.0902. The summed E-state index contributed by atoms with van der Waals surface area (Å²) >= 11 is 0. The molecular formula is C13H15F2NO2. The van der Waals surface area contributed by atoms with Gasteiger partial charge in [0.25, 0.3) is 0 Å². The summed E-state index contributed by atoms with van der Waals surface area (Å²) in [6, 6.07) is 3.15. The molecule has 0 unspecified atom stereocenters. The summed E-state index contributed by atoms with van der Waals surface area (Å²) in [6.45, 7) is 0.356. The van der Waals surface area contributed by atoms with Crippen LogP contribution in [-0.4, -0.2) is 41.5 Å². The number of aliphatic hydroxyl groups excluding tert-OH is 1. The molecular weight excluding hydrogens is 240 g/mol. The molecule has 3 nitrogen and oxygen atoms in total. The van der Waals surface area contributed by atoms with Crippen LogP contribution < -0.4 is 0 Å². The van der Waals surface area contributed by atoms with Gasteiger partial charge in [0.2, 0.25) is 0 Å². The van der Waals surface area contributed by atoms with Gasteiger partial charge in [0, 0.05) is 12.6 Å². The van der Waals surface area contributed by atoms with Crippen molar-refractivity contribution in [3.05, 3.63) is 35.4 Å². The first-order valence-electron chi connectivity index (χ1n) is 5.95. The lowest BCUT2D eigenvalue weighted by Gasteiger charge is -2.19. The Morgan fingerprint density at radius 2 is 2.11 bits per heavy atom. The lowest BCUT2D eigenvalue weighted by atomic mass is 10.1. The fourth-order valence-corrected chi connectivity index (χ4v) is 1.94. The van der Waals surface area contributed by atoms with Crippen molar-refractivity contribution < 1.29 is 18.7 Å². The summed E-state index contributed by atoms with van der Waals surface area (Å²) in [7, 11) is 0. The number of hydrogen-bond donors (Lipinski definition) is 1. The Kier molecular flexibility index (Phi) is 4.04. The van der Waals surface area contributed by atoms with E-state index in [2.05, 4.69) is 0 Å². The molecule has 1 aliphatic carbocycles. The molecule has 2 rings (SSSR count). The van der Waals surface area contributed by atoms with Crippen LogP contribution in [0.4, 0.5) is 8.78 Å².